The van der Waals surface area contributed by atoms with Gasteiger partial charge in [-0.1, -0.05) is 18.2 Å². The molecule has 0 unspecified atom stereocenters. The third-order valence-corrected chi connectivity index (χ3v) is 4.11. The van der Waals surface area contributed by atoms with Crippen molar-refractivity contribution in [2.24, 2.45) is 0 Å². The summed E-state index contributed by atoms with van der Waals surface area (Å²) < 4.78 is 44.0. The molecule has 0 atom stereocenters. The number of amides is 1. The van der Waals surface area contributed by atoms with Gasteiger partial charge in [0, 0.05) is 11.8 Å². The van der Waals surface area contributed by atoms with Gasteiger partial charge in [-0.3, -0.25) is 9.48 Å². The van der Waals surface area contributed by atoms with Crippen LogP contribution in [0.4, 0.5) is 19.0 Å². The Bertz CT molecular complexity index is 945. The second-order valence-electron chi connectivity index (χ2n) is 5.51. The number of alkyl halides is 2. The van der Waals surface area contributed by atoms with E-state index in [9.17, 15) is 18.0 Å². The van der Waals surface area contributed by atoms with Crippen LogP contribution in [0.1, 0.15) is 15.9 Å². The summed E-state index contributed by atoms with van der Waals surface area (Å²) in [5.74, 6) is -0.699. The van der Waals surface area contributed by atoms with Gasteiger partial charge in [-0.25, -0.2) is 4.39 Å². The van der Waals surface area contributed by atoms with Gasteiger partial charge in [0.25, 0.3) is 5.91 Å². The third kappa shape index (κ3) is 5.10. The molecule has 0 aliphatic rings. The Morgan fingerprint density at radius 2 is 1.96 bits per heavy atom. The number of benzene rings is 2. The van der Waals surface area contributed by atoms with Crippen molar-refractivity contribution in [3.05, 3.63) is 76.1 Å². The molecule has 27 heavy (non-hydrogen) atoms. The van der Waals surface area contributed by atoms with Crippen LogP contribution in [0.5, 0.6) is 5.75 Å². The number of rotatable bonds is 6. The minimum atomic E-state index is -2.97. The van der Waals surface area contributed by atoms with Gasteiger partial charge in [0.05, 0.1) is 11.0 Å². The molecule has 2 aromatic carbocycles. The molecule has 0 aliphatic carbocycles. The minimum Gasteiger partial charge on any atom is -0.435 e. The number of hydrogen-bond donors (Lipinski definition) is 1. The van der Waals surface area contributed by atoms with E-state index in [1.54, 1.807) is 23.0 Å². The lowest BCUT2D eigenvalue weighted by molar-refractivity contribution is -0.0498. The number of carbonyl (C=O) groups excluding carboxylic acids is 1. The number of nitrogens with one attached hydrogen (secondary N) is 1. The molecule has 1 amide bonds. The fraction of sp³-hybridized carbons (Fsp3) is 0.111. The maximum Gasteiger partial charge on any atom is 0.387 e. The summed E-state index contributed by atoms with van der Waals surface area (Å²) >= 11 is 3.31. The van der Waals surface area contributed by atoms with E-state index in [0.29, 0.717) is 11.0 Å². The Kier molecular flexibility index (Phi) is 5.80. The number of halogens is 4. The molecule has 1 heterocycles. The number of aromatic nitrogens is 2. The van der Waals surface area contributed by atoms with E-state index in [0.717, 1.165) is 5.56 Å². The van der Waals surface area contributed by atoms with Gasteiger partial charge in [0.15, 0.2) is 5.82 Å². The first-order valence-electron chi connectivity index (χ1n) is 7.74. The Labute approximate surface area is 160 Å². The molecule has 0 spiro atoms. The molecule has 1 N–H and O–H groups in total. The smallest absolute Gasteiger partial charge is 0.387 e. The molecule has 0 fully saturated rings. The second-order valence-corrected chi connectivity index (χ2v) is 6.36. The maximum absolute atomic E-state index is 13.0. The van der Waals surface area contributed by atoms with Crippen LogP contribution in [-0.2, 0) is 6.54 Å². The highest BCUT2D eigenvalue weighted by Crippen LogP contribution is 2.22. The number of hydrogen-bond acceptors (Lipinski definition) is 3. The normalized spacial score (nSPS) is 10.9. The predicted octanol–water partition coefficient (Wildman–Crippen LogP) is 4.69. The van der Waals surface area contributed by atoms with Crippen LogP contribution in [0.25, 0.3) is 0 Å². The van der Waals surface area contributed by atoms with Crippen LogP contribution in [-0.4, -0.2) is 22.3 Å². The van der Waals surface area contributed by atoms with Gasteiger partial charge < -0.3 is 10.1 Å². The average molecular weight is 440 g/mol. The van der Waals surface area contributed by atoms with Crippen molar-refractivity contribution < 1.29 is 22.7 Å². The predicted molar refractivity (Wildman–Crippen MR) is 96.5 cm³/mol. The highest BCUT2D eigenvalue weighted by Gasteiger charge is 2.14. The highest BCUT2D eigenvalue weighted by molar-refractivity contribution is 9.10. The molecule has 0 saturated carbocycles. The summed E-state index contributed by atoms with van der Waals surface area (Å²) in [5, 5.41) is 6.86. The van der Waals surface area contributed by atoms with Gasteiger partial charge in [0.2, 0.25) is 0 Å². The molecular formula is C18H13BrF3N3O2. The summed E-state index contributed by atoms with van der Waals surface area (Å²) in [4.78, 5) is 12.3. The van der Waals surface area contributed by atoms with E-state index in [4.69, 9.17) is 0 Å². The molecule has 0 saturated heterocycles. The second kappa shape index (κ2) is 8.26. The van der Waals surface area contributed by atoms with Gasteiger partial charge in [-0.2, -0.15) is 13.9 Å². The summed E-state index contributed by atoms with van der Waals surface area (Å²) in [7, 11) is 0. The molecule has 3 rings (SSSR count). The van der Waals surface area contributed by atoms with Crippen LogP contribution < -0.4 is 10.1 Å². The van der Waals surface area contributed by atoms with Crippen molar-refractivity contribution in [3.8, 4) is 5.75 Å². The third-order valence-electron chi connectivity index (χ3n) is 3.53. The van der Waals surface area contributed by atoms with E-state index in [2.05, 4.69) is 31.1 Å². The number of carbonyl (C=O) groups is 1. The molecule has 1 aromatic heterocycles. The van der Waals surface area contributed by atoms with Crippen LogP contribution in [0.2, 0.25) is 0 Å². The maximum atomic E-state index is 13.0. The zero-order valence-corrected chi connectivity index (χ0v) is 15.3. The van der Waals surface area contributed by atoms with Crippen LogP contribution >= 0.6 is 15.9 Å². The van der Waals surface area contributed by atoms with Crippen LogP contribution in [0, 0.1) is 5.82 Å². The fourth-order valence-electron chi connectivity index (χ4n) is 2.33. The van der Waals surface area contributed by atoms with Gasteiger partial charge in [-0.15, -0.1) is 0 Å². The zero-order chi connectivity index (χ0) is 19.4. The number of anilines is 1. The van der Waals surface area contributed by atoms with Crippen molar-refractivity contribution in [1.29, 1.82) is 0 Å². The molecular weight excluding hydrogens is 427 g/mol. The Morgan fingerprint density at radius 3 is 2.67 bits per heavy atom. The summed E-state index contributed by atoms with van der Waals surface area (Å²) in [6.45, 7) is -2.59. The standard InChI is InChI=1S/C18H13BrF3N3O2/c19-15-10-25(9-11-4-6-13(20)7-5-11)24-16(15)23-17(26)12-2-1-3-14(8-12)27-18(21)22/h1-8,10,18H,9H2,(H,23,24,26). The molecule has 0 radical (unpaired) electrons. The van der Waals surface area contributed by atoms with Gasteiger partial charge in [0.1, 0.15) is 11.6 Å². The van der Waals surface area contributed by atoms with Crippen molar-refractivity contribution in [3.63, 3.8) is 0 Å². The van der Waals surface area contributed by atoms with E-state index < -0.39 is 12.5 Å². The lowest BCUT2D eigenvalue weighted by Gasteiger charge is -2.07. The number of ether oxygens (including phenoxy) is 1. The first kappa shape index (κ1) is 19.0. The summed E-state index contributed by atoms with van der Waals surface area (Å²) in [6, 6.07) is 11.4. The first-order chi connectivity index (χ1) is 12.9. The topological polar surface area (TPSA) is 56.2 Å². The van der Waals surface area contributed by atoms with E-state index in [-0.39, 0.29) is 22.9 Å². The van der Waals surface area contributed by atoms with Crippen molar-refractivity contribution in [2.75, 3.05) is 5.32 Å². The molecule has 0 aliphatic heterocycles. The largest absolute Gasteiger partial charge is 0.435 e. The van der Waals surface area contributed by atoms with E-state index >= 15 is 0 Å². The van der Waals surface area contributed by atoms with E-state index in [1.165, 1.54) is 36.4 Å². The quantitative estimate of drug-likeness (QED) is 0.606. The van der Waals surface area contributed by atoms with Crippen molar-refractivity contribution in [2.45, 2.75) is 13.2 Å². The van der Waals surface area contributed by atoms with Gasteiger partial charge >= 0.3 is 6.61 Å². The lowest BCUT2D eigenvalue weighted by Crippen LogP contribution is -2.13. The van der Waals surface area contributed by atoms with Crippen LogP contribution in [0.3, 0.4) is 0 Å². The Hall–Kier alpha value is -2.81. The van der Waals surface area contributed by atoms with E-state index in [1.807, 2.05) is 0 Å². The summed E-state index contributed by atoms with van der Waals surface area (Å²) in [5.41, 5.74) is 0.981. The Balaban J connectivity index is 1.71. The monoisotopic (exact) mass is 439 g/mol. The van der Waals surface area contributed by atoms with Crippen molar-refractivity contribution >= 4 is 27.7 Å². The fourth-order valence-corrected chi connectivity index (χ4v) is 2.75. The van der Waals surface area contributed by atoms with Crippen molar-refractivity contribution in [1.82, 2.24) is 9.78 Å². The van der Waals surface area contributed by atoms with Gasteiger partial charge in [-0.05, 0) is 51.8 Å². The lowest BCUT2D eigenvalue weighted by atomic mass is 10.2. The average Bonchev–Trinajstić information content (AvgIpc) is 2.95. The van der Waals surface area contributed by atoms with Crippen LogP contribution in [0.15, 0.2) is 59.2 Å². The Morgan fingerprint density at radius 1 is 1.22 bits per heavy atom. The molecule has 9 heteroatoms. The SMILES string of the molecule is O=C(Nc1nn(Cc2ccc(F)cc2)cc1Br)c1cccc(OC(F)F)c1. The molecule has 0 bridgehead atoms. The molecule has 3 aromatic rings. The number of nitrogens with zero attached hydrogens (tertiary/aromatic N) is 2. The summed E-state index contributed by atoms with van der Waals surface area (Å²) in [6.07, 6.45) is 1.66. The first-order valence-corrected chi connectivity index (χ1v) is 8.53. The zero-order valence-electron chi connectivity index (χ0n) is 13.7. The highest BCUT2D eigenvalue weighted by atomic mass is 79.9. The molecule has 140 valence electrons. The molecule has 5 nitrogen and oxygen atoms in total. The minimum absolute atomic E-state index is 0.112.